The van der Waals surface area contributed by atoms with Crippen molar-refractivity contribution < 1.29 is 9.59 Å². The first-order valence-corrected chi connectivity index (χ1v) is 12.7. The summed E-state index contributed by atoms with van der Waals surface area (Å²) in [4.78, 5) is 41.6. The van der Waals surface area contributed by atoms with Gasteiger partial charge >= 0.3 is 0 Å². The minimum absolute atomic E-state index is 0.000390. The third kappa shape index (κ3) is 5.84. The molecule has 0 saturated carbocycles. The van der Waals surface area contributed by atoms with Crippen molar-refractivity contribution in [1.82, 2.24) is 19.8 Å². The van der Waals surface area contributed by atoms with E-state index >= 15 is 0 Å². The lowest BCUT2D eigenvalue weighted by atomic mass is 10.1. The Morgan fingerprint density at radius 1 is 0.865 bits per heavy atom. The van der Waals surface area contributed by atoms with Gasteiger partial charge in [-0.05, 0) is 42.3 Å². The minimum Gasteiger partial charge on any atom is -0.333 e. The Balaban J connectivity index is 1.48. The van der Waals surface area contributed by atoms with Crippen molar-refractivity contribution in [1.29, 1.82) is 0 Å². The summed E-state index contributed by atoms with van der Waals surface area (Å²) in [6.45, 7) is 5.36. The molecule has 2 aromatic heterocycles. The van der Waals surface area contributed by atoms with Gasteiger partial charge < -0.3 is 9.80 Å². The van der Waals surface area contributed by atoms with Crippen LogP contribution in [0.2, 0.25) is 0 Å². The topological polar surface area (TPSA) is 69.6 Å². The summed E-state index contributed by atoms with van der Waals surface area (Å²) in [6.07, 6.45) is 4.29. The van der Waals surface area contributed by atoms with Gasteiger partial charge in [0.2, 0.25) is 5.91 Å². The van der Waals surface area contributed by atoms with Crippen molar-refractivity contribution in [3.8, 4) is 0 Å². The molecule has 0 saturated heterocycles. The van der Waals surface area contributed by atoms with Gasteiger partial charge in [0.15, 0.2) is 0 Å². The highest BCUT2D eigenvalue weighted by Crippen LogP contribution is 2.25. The number of carbonyl (C=O) groups excluding carboxylic acids is 2. The van der Waals surface area contributed by atoms with E-state index in [0.29, 0.717) is 38.3 Å². The average Bonchev–Trinajstić information content (AvgIpc) is 2.96. The van der Waals surface area contributed by atoms with E-state index in [1.807, 2.05) is 82.6 Å². The maximum atomic E-state index is 13.9. The van der Waals surface area contributed by atoms with E-state index in [2.05, 4.69) is 14.9 Å². The van der Waals surface area contributed by atoms with Gasteiger partial charge in [-0.15, -0.1) is 0 Å². The molecular weight excluding hydrogens is 462 g/mol. The number of pyridine rings is 2. The van der Waals surface area contributed by atoms with Crippen LogP contribution in [0, 0.1) is 0 Å². The summed E-state index contributed by atoms with van der Waals surface area (Å²) in [5.41, 5.74) is 4.23. The minimum atomic E-state index is -0.0699. The van der Waals surface area contributed by atoms with Crippen LogP contribution in [0.3, 0.4) is 0 Å². The van der Waals surface area contributed by atoms with Crippen LogP contribution in [0.1, 0.15) is 35.0 Å². The second-order valence-corrected chi connectivity index (χ2v) is 9.39. The second-order valence-electron chi connectivity index (χ2n) is 9.39. The normalized spacial score (nSPS) is 15.2. The number of nitrogens with zero attached hydrogens (tertiary/aromatic N) is 5. The van der Waals surface area contributed by atoms with Gasteiger partial charge in [-0.3, -0.25) is 24.5 Å². The molecule has 5 rings (SSSR count). The molecular formula is C30H31N5O2. The zero-order chi connectivity index (χ0) is 25.6. The van der Waals surface area contributed by atoms with Gasteiger partial charge in [0.25, 0.3) is 5.91 Å². The number of benzene rings is 2. The molecule has 37 heavy (non-hydrogen) atoms. The molecule has 2 amide bonds. The molecule has 188 valence electrons. The number of amides is 2. The number of hydrogen-bond donors (Lipinski definition) is 0. The van der Waals surface area contributed by atoms with Gasteiger partial charge in [-0.2, -0.15) is 0 Å². The Morgan fingerprint density at radius 2 is 1.68 bits per heavy atom. The van der Waals surface area contributed by atoms with Crippen LogP contribution in [0.5, 0.6) is 0 Å². The summed E-state index contributed by atoms with van der Waals surface area (Å²) in [5.74, 6) is -0.0703. The van der Waals surface area contributed by atoms with E-state index in [1.54, 1.807) is 19.3 Å². The number of hydrogen-bond acceptors (Lipinski definition) is 5. The monoisotopic (exact) mass is 493 g/mol. The largest absolute Gasteiger partial charge is 0.333 e. The predicted molar refractivity (Wildman–Crippen MR) is 145 cm³/mol. The Morgan fingerprint density at radius 3 is 2.51 bits per heavy atom. The Kier molecular flexibility index (Phi) is 7.51. The van der Waals surface area contributed by atoms with E-state index in [1.165, 1.54) is 0 Å². The van der Waals surface area contributed by atoms with Crippen LogP contribution in [0.25, 0.3) is 10.9 Å². The third-order valence-electron chi connectivity index (χ3n) is 6.80. The lowest BCUT2D eigenvalue weighted by molar-refractivity contribution is -0.116. The summed E-state index contributed by atoms with van der Waals surface area (Å²) in [5, 5.41) is 0.936. The number of para-hydroxylation sites is 2. The molecule has 0 unspecified atom stereocenters. The molecule has 0 spiro atoms. The van der Waals surface area contributed by atoms with Crippen LogP contribution < -0.4 is 4.90 Å². The van der Waals surface area contributed by atoms with Gasteiger partial charge in [0.05, 0.1) is 16.8 Å². The molecule has 0 N–H and O–H groups in total. The van der Waals surface area contributed by atoms with Crippen molar-refractivity contribution in [2.45, 2.75) is 26.4 Å². The summed E-state index contributed by atoms with van der Waals surface area (Å²) in [7, 11) is 0. The molecule has 0 atom stereocenters. The number of anilines is 1. The van der Waals surface area contributed by atoms with Crippen LogP contribution >= 0.6 is 0 Å². The molecule has 3 heterocycles. The maximum Gasteiger partial charge on any atom is 0.255 e. The average molecular weight is 494 g/mol. The highest BCUT2D eigenvalue weighted by atomic mass is 16.2. The van der Waals surface area contributed by atoms with Crippen LogP contribution in [0.15, 0.2) is 85.2 Å². The number of carbonyl (C=O) groups is 2. The molecule has 0 fully saturated rings. The van der Waals surface area contributed by atoms with Crippen molar-refractivity contribution in [3.63, 3.8) is 0 Å². The Bertz CT molecular complexity index is 1390. The molecule has 7 nitrogen and oxygen atoms in total. The first kappa shape index (κ1) is 24.6. The van der Waals surface area contributed by atoms with Crippen LogP contribution in [0.4, 0.5) is 5.69 Å². The first-order chi connectivity index (χ1) is 18.1. The Labute approximate surface area is 217 Å². The quantitative estimate of drug-likeness (QED) is 0.419. The highest BCUT2D eigenvalue weighted by molar-refractivity contribution is 5.97. The zero-order valence-corrected chi connectivity index (χ0v) is 21.1. The van der Waals surface area contributed by atoms with Crippen molar-refractivity contribution in [2.75, 3.05) is 31.1 Å². The molecule has 0 bridgehead atoms. The first-order valence-electron chi connectivity index (χ1n) is 12.7. The fourth-order valence-corrected chi connectivity index (χ4v) is 4.89. The number of rotatable bonds is 3. The van der Waals surface area contributed by atoms with Crippen molar-refractivity contribution in [2.24, 2.45) is 0 Å². The fourth-order valence-electron chi connectivity index (χ4n) is 4.89. The van der Waals surface area contributed by atoms with Crippen LogP contribution in [-0.4, -0.2) is 57.8 Å². The van der Waals surface area contributed by atoms with Crippen molar-refractivity contribution >= 4 is 28.4 Å². The molecule has 7 heteroatoms. The number of fused-ring (bicyclic) bond motifs is 2. The maximum absolute atomic E-state index is 13.9. The summed E-state index contributed by atoms with van der Waals surface area (Å²) in [6, 6.07) is 23.5. The van der Waals surface area contributed by atoms with E-state index in [-0.39, 0.29) is 11.8 Å². The smallest absolute Gasteiger partial charge is 0.255 e. The van der Waals surface area contributed by atoms with Gasteiger partial charge in [0, 0.05) is 69.7 Å². The van der Waals surface area contributed by atoms with Gasteiger partial charge in [-0.25, -0.2) is 0 Å². The van der Waals surface area contributed by atoms with Crippen molar-refractivity contribution in [3.05, 3.63) is 102 Å². The second kappa shape index (κ2) is 11.3. The molecule has 0 radical (unpaired) electrons. The van der Waals surface area contributed by atoms with E-state index < -0.39 is 0 Å². The van der Waals surface area contributed by atoms with E-state index in [9.17, 15) is 9.59 Å². The fraction of sp³-hybridized carbons (Fsp3) is 0.267. The third-order valence-corrected chi connectivity index (χ3v) is 6.80. The van der Waals surface area contributed by atoms with Gasteiger partial charge in [-0.1, -0.05) is 42.5 Å². The molecule has 1 aliphatic heterocycles. The van der Waals surface area contributed by atoms with E-state index in [0.717, 1.165) is 40.8 Å². The predicted octanol–water partition coefficient (Wildman–Crippen LogP) is 4.53. The molecule has 4 aromatic rings. The SMILES string of the molecule is CC(=O)N1CCCN(Cc2ccccn2)CCN(C(=O)c2cnc3ccccc3c2)Cc2ccccc21. The zero-order valence-electron chi connectivity index (χ0n) is 21.1. The highest BCUT2D eigenvalue weighted by Gasteiger charge is 2.23. The molecule has 1 aliphatic rings. The molecule has 2 aromatic carbocycles. The lowest BCUT2D eigenvalue weighted by Gasteiger charge is -2.28. The standard InChI is InChI=1S/C30H31N5O2/c1-23(36)35-16-8-15-33(22-27-11-6-7-14-31-27)17-18-34(21-25-10-3-5-13-29(25)35)30(37)26-19-24-9-2-4-12-28(24)32-20-26/h2-7,9-14,19-20H,8,15-18,21-22H2,1H3. The lowest BCUT2D eigenvalue weighted by Crippen LogP contribution is -2.38. The van der Waals surface area contributed by atoms with E-state index in [4.69, 9.17) is 0 Å². The van der Waals surface area contributed by atoms with Gasteiger partial charge in [0.1, 0.15) is 0 Å². The summed E-state index contributed by atoms with van der Waals surface area (Å²) >= 11 is 0. The Hall–Kier alpha value is -4.10. The molecule has 0 aliphatic carbocycles. The number of aromatic nitrogens is 2. The summed E-state index contributed by atoms with van der Waals surface area (Å²) < 4.78 is 0. The van der Waals surface area contributed by atoms with Crippen LogP contribution in [-0.2, 0) is 17.9 Å².